The van der Waals surface area contributed by atoms with Gasteiger partial charge in [-0.05, 0) is 30.1 Å². The van der Waals surface area contributed by atoms with Gasteiger partial charge in [0.05, 0.1) is 0 Å². The topological polar surface area (TPSA) is 57.5 Å². The van der Waals surface area contributed by atoms with Gasteiger partial charge in [-0.2, -0.15) is 0 Å². The van der Waals surface area contributed by atoms with Crippen molar-refractivity contribution in [1.29, 1.82) is 0 Å². The van der Waals surface area contributed by atoms with Crippen LogP contribution in [-0.2, 0) is 4.79 Å². The Labute approximate surface area is 76.8 Å². The summed E-state index contributed by atoms with van der Waals surface area (Å²) < 4.78 is 0. The molecule has 0 aliphatic heterocycles. The second-order valence-electron chi connectivity index (χ2n) is 1.93. The van der Waals surface area contributed by atoms with E-state index in [4.69, 9.17) is 10.2 Å². The average Bonchev–Trinajstić information content (AvgIpc) is 2.09. The molecule has 0 aliphatic rings. The molecule has 0 aromatic heterocycles. The van der Waals surface area contributed by atoms with Gasteiger partial charge in [0.15, 0.2) is 0 Å². The van der Waals surface area contributed by atoms with Gasteiger partial charge in [-0.25, -0.2) is 4.79 Å². The number of hydrogen-bond donors (Lipinski definition) is 2. The molecule has 0 amide bonds. The van der Waals surface area contributed by atoms with Crippen molar-refractivity contribution < 1.29 is 15.0 Å². The van der Waals surface area contributed by atoms with Gasteiger partial charge in [0.1, 0.15) is 0 Å². The Morgan fingerprint density at radius 2 is 1.85 bits per heavy atom. The largest absolute Gasteiger partial charge is 0.472 e. The highest BCUT2D eigenvalue weighted by Crippen LogP contribution is 1.81. The fourth-order valence-electron chi connectivity index (χ4n) is 0.421. The number of aliphatic hydroxyl groups is 1. The molecule has 0 saturated heterocycles. The molecular formula is C10H8O3. The summed E-state index contributed by atoms with van der Waals surface area (Å²) >= 11 is 0. The number of aliphatic hydroxyl groups excluding tert-OH is 1. The lowest BCUT2D eigenvalue weighted by Crippen LogP contribution is -1.85. The average molecular weight is 176 g/mol. The third kappa shape index (κ3) is 10.1. The van der Waals surface area contributed by atoms with Crippen LogP contribution in [-0.4, -0.2) is 22.8 Å². The molecule has 3 nitrogen and oxygen atoms in total. The summed E-state index contributed by atoms with van der Waals surface area (Å²) in [5.74, 6) is 12.5. The molecule has 3 heteroatoms. The van der Waals surface area contributed by atoms with Gasteiger partial charge in [-0.1, -0.05) is 5.92 Å². The minimum absolute atomic E-state index is 0.112. The van der Waals surface area contributed by atoms with E-state index in [1.165, 1.54) is 0 Å². The predicted octanol–water partition coefficient (Wildman–Crippen LogP) is -0.146. The lowest BCUT2D eigenvalue weighted by molar-refractivity contribution is -0.130. The second-order valence-corrected chi connectivity index (χ2v) is 1.93. The van der Waals surface area contributed by atoms with Crippen molar-refractivity contribution in [1.82, 2.24) is 0 Å². The molecule has 0 saturated carbocycles. The quantitative estimate of drug-likeness (QED) is 0.454. The zero-order valence-electron chi connectivity index (χ0n) is 6.92. The lowest BCUT2D eigenvalue weighted by atomic mass is 10.3. The maximum absolute atomic E-state index is 9.87. The van der Waals surface area contributed by atoms with Crippen molar-refractivity contribution in [2.24, 2.45) is 0 Å². The summed E-state index contributed by atoms with van der Waals surface area (Å²) in [6.45, 7) is 0.112. The van der Waals surface area contributed by atoms with Crippen molar-refractivity contribution in [2.75, 3.05) is 6.61 Å². The second kappa shape index (κ2) is 8.21. The van der Waals surface area contributed by atoms with Crippen LogP contribution in [0.15, 0.2) is 0 Å². The van der Waals surface area contributed by atoms with Crippen molar-refractivity contribution >= 4 is 5.97 Å². The molecule has 0 fully saturated rings. The Morgan fingerprint density at radius 3 is 2.46 bits per heavy atom. The standard InChI is InChI=1S/C10H8O3/c11-9-7-5-3-1-2-4-6-8-10(12)13/h11H,5,7,9H2,(H,12,13). The normalized spacial score (nSPS) is 6.54. The van der Waals surface area contributed by atoms with E-state index >= 15 is 0 Å². The molecule has 0 atom stereocenters. The van der Waals surface area contributed by atoms with Crippen molar-refractivity contribution in [3.05, 3.63) is 0 Å². The first-order valence-electron chi connectivity index (χ1n) is 3.60. The number of rotatable bonds is 2. The smallest absolute Gasteiger partial charge is 0.382 e. The monoisotopic (exact) mass is 176 g/mol. The zero-order valence-corrected chi connectivity index (χ0v) is 6.92. The molecule has 0 spiro atoms. The van der Waals surface area contributed by atoms with E-state index in [0.29, 0.717) is 12.8 Å². The fraction of sp³-hybridized carbons (Fsp3) is 0.300. The maximum atomic E-state index is 9.87. The number of unbranched alkanes of at least 4 members (excludes halogenated alkanes) is 1. The summed E-state index contributed by atoms with van der Waals surface area (Å²) in [5, 5.41) is 16.5. The third-order valence-electron chi connectivity index (χ3n) is 0.905. The highest BCUT2D eigenvalue weighted by Gasteiger charge is 1.78. The minimum atomic E-state index is -1.21. The van der Waals surface area contributed by atoms with Crippen LogP contribution < -0.4 is 0 Å². The molecule has 13 heavy (non-hydrogen) atoms. The highest BCUT2D eigenvalue weighted by molar-refractivity contribution is 5.87. The first-order valence-corrected chi connectivity index (χ1v) is 3.60. The molecule has 0 bridgehead atoms. The van der Waals surface area contributed by atoms with Crippen LogP contribution in [0.2, 0.25) is 0 Å². The van der Waals surface area contributed by atoms with E-state index in [2.05, 4.69) is 29.6 Å². The van der Waals surface area contributed by atoms with E-state index in [0.717, 1.165) is 0 Å². The number of carboxylic acid groups (broad SMARTS) is 1. The summed E-state index contributed by atoms with van der Waals surface area (Å²) in [5.41, 5.74) is 0. The van der Waals surface area contributed by atoms with Crippen LogP contribution in [0.5, 0.6) is 0 Å². The van der Waals surface area contributed by atoms with Crippen LogP contribution in [0.1, 0.15) is 12.8 Å². The van der Waals surface area contributed by atoms with Gasteiger partial charge in [0, 0.05) is 18.9 Å². The summed E-state index contributed by atoms with van der Waals surface area (Å²) in [6, 6.07) is 0. The number of carboxylic acids is 1. The molecule has 0 heterocycles. The molecule has 0 aromatic rings. The van der Waals surface area contributed by atoms with Crippen LogP contribution in [0.3, 0.4) is 0 Å². The summed E-state index contributed by atoms with van der Waals surface area (Å²) in [7, 11) is 0. The number of aliphatic carboxylic acids is 1. The van der Waals surface area contributed by atoms with E-state index < -0.39 is 5.97 Å². The Hall–Kier alpha value is -1.89. The Balaban J connectivity index is 3.79. The van der Waals surface area contributed by atoms with Crippen LogP contribution in [0.4, 0.5) is 0 Å². The van der Waals surface area contributed by atoms with Gasteiger partial charge in [-0.3, -0.25) is 0 Å². The molecule has 0 rings (SSSR count). The third-order valence-corrected chi connectivity index (χ3v) is 0.905. The molecule has 0 aliphatic carbocycles. The van der Waals surface area contributed by atoms with E-state index in [1.54, 1.807) is 0 Å². The van der Waals surface area contributed by atoms with Gasteiger partial charge in [-0.15, -0.1) is 0 Å². The SMILES string of the molecule is O=C(O)C#CC#CC#CCCCO. The minimum Gasteiger partial charge on any atom is -0.472 e. The molecule has 0 radical (unpaired) electrons. The van der Waals surface area contributed by atoms with Crippen LogP contribution >= 0.6 is 0 Å². The van der Waals surface area contributed by atoms with Crippen LogP contribution in [0.25, 0.3) is 0 Å². The van der Waals surface area contributed by atoms with Gasteiger partial charge < -0.3 is 10.2 Å². The van der Waals surface area contributed by atoms with E-state index in [1.807, 2.05) is 5.92 Å². The van der Waals surface area contributed by atoms with Gasteiger partial charge in [0.25, 0.3) is 0 Å². The Morgan fingerprint density at radius 1 is 1.15 bits per heavy atom. The number of hydrogen-bond acceptors (Lipinski definition) is 2. The Kier molecular flexibility index (Phi) is 7.02. The molecule has 0 aromatic carbocycles. The first kappa shape index (κ1) is 11.1. The van der Waals surface area contributed by atoms with E-state index in [-0.39, 0.29) is 6.61 Å². The molecule has 66 valence electrons. The first-order chi connectivity index (χ1) is 6.27. The summed E-state index contributed by atoms with van der Waals surface area (Å²) in [6.07, 6.45) is 1.20. The maximum Gasteiger partial charge on any atom is 0.382 e. The predicted molar refractivity (Wildman–Crippen MR) is 47.3 cm³/mol. The van der Waals surface area contributed by atoms with Crippen LogP contribution in [0, 0.1) is 35.5 Å². The lowest BCUT2D eigenvalue weighted by Gasteiger charge is -1.80. The fourth-order valence-corrected chi connectivity index (χ4v) is 0.421. The molecule has 2 N–H and O–H groups in total. The van der Waals surface area contributed by atoms with E-state index in [9.17, 15) is 4.79 Å². The van der Waals surface area contributed by atoms with Gasteiger partial charge >= 0.3 is 5.97 Å². The molecule has 0 unspecified atom stereocenters. The van der Waals surface area contributed by atoms with Crippen molar-refractivity contribution in [3.8, 4) is 35.5 Å². The Bertz CT molecular complexity index is 336. The summed E-state index contributed by atoms with van der Waals surface area (Å²) in [4.78, 5) is 9.87. The zero-order chi connectivity index (χ0) is 9.94. The highest BCUT2D eigenvalue weighted by atomic mass is 16.4. The number of carbonyl (C=O) groups is 1. The van der Waals surface area contributed by atoms with Crippen molar-refractivity contribution in [2.45, 2.75) is 12.8 Å². The van der Waals surface area contributed by atoms with Crippen molar-refractivity contribution in [3.63, 3.8) is 0 Å². The van der Waals surface area contributed by atoms with Gasteiger partial charge in [0.2, 0.25) is 0 Å². The molecular weight excluding hydrogens is 168 g/mol.